The highest BCUT2D eigenvalue weighted by molar-refractivity contribution is 9.11. The molecule has 21 heavy (non-hydrogen) atoms. The van der Waals surface area contributed by atoms with Crippen LogP contribution in [0.15, 0.2) is 42.3 Å². The number of pyridine rings is 1. The zero-order valence-corrected chi connectivity index (χ0v) is 17.0. The lowest BCUT2D eigenvalue weighted by atomic mass is 10.2. The Labute approximate surface area is 155 Å². The fourth-order valence-electron chi connectivity index (χ4n) is 1.65. The van der Waals surface area contributed by atoms with Crippen LogP contribution in [0.2, 0.25) is 0 Å². The third-order valence-corrected chi connectivity index (χ3v) is 4.72. The lowest BCUT2D eigenvalue weighted by Gasteiger charge is -2.12. The zero-order chi connectivity index (χ0) is 15.6. The van der Waals surface area contributed by atoms with Gasteiger partial charge in [0.15, 0.2) is 0 Å². The number of halogens is 4. The molecule has 0 fully saturated rings. The molecule has 0 spiro atoms. The molecule has 0 aliphatic heterocycles. The molecule has 0 saturated heterocycles. The summed E-state index contributed by atoms with van der Waals surface area (Å²) < 4.78 is 3.18. The molecule has 8 heteroatoms. The molecule has 2 aromatic rings. The number of amides is 1. The van der Waals surface area contributed by atoms with Gasteiger partial charge in [-0.15, -0.1) is 0 Å². The van der Waals surface area contributed by atoms with Gasteiger partial charge in [-0.25, -0.2) is 4.98 Å². The van der Waals surface area contributed by atoms with Gasteiger partial charge in [0, 0.05) is 31.1 Å². The SMILES string of the molecule is CNc1ncc(Br)cc1C(=O)Nc1c(Br)cc(Br)cc1Br. The van der Waals surface area contributed by atoms with Gasteiger partial charge in [0.25, 0.3) is 5.91 Å². The summed E-state index contributed by atoms with van der Waals surface area (Å²) in [7, 11) is 1.72. The van der Waals surface area contributed by atoms with Crippen molar-refractivity contribution in [1.82, 2.24) is 4.98 Å². The second-order valence-electron chi connectivity index (χ2n) is 4.00. The Morgan fingerprint density at radius 2 is 1.67 bits per heavy atom. The number of aromatic nitrogens is 1. The number of rotatable bonds is 3. The van der Waals surface area contributed by atoms with Crippen LogP contribution in [-0.2, 0) is 0 Å². The van der Waals surface area contributed by atoms with Gasteiger partial charge in [-0.3, -0.25) is 4.79 Å². The summed E-state index contributed by atoms with van der Waals surface area (Å²) in [5, 5.41) is 5.77. The Balaban J connectivity index is 2.37. The number of hydrogen-bond acceptors (Lipinski definition) is 3. The average Bonchev–Trinajstić information content (AvgIpc) is 2.42. The summed E-state index contributed by atoms with van der Waals surface area (Å²) in [6, 6.07) is 5.44. The van der Waals surface area contributed by atoms with Gasteiger partial charge in [-0.1, -0.05) is 15.9 Å². The first-order chi connectivity index (χ1) is 9.92. The highest BCUT2D eigenvalue weighted by Crippen LogP contribution is 2.35. The molecule has 1 aromatic heterocycles. The van der Waals surface area contributed by atoms with Crippen molar-refractivity contribution < 1.29 is 4.79 Å². The van der Waals surface area contributed by atoms with Crippen LogP contribution in [0, 0.1) is 0 Å². The Morgan fingerprint density at radius 1 is 1.05 bits per heavy atom. The van der Waals surface area contributed by atoms with E-state index in [9.17, 15) is 4.79 Å². The van der Waals surface area contributed by atoms with Crippen LogP contribution in [0.3, 0.4) is 0 Å². The Bertz CT molecular complexity index is 683. The van der Waals surface area contributed by atoms with Crippen molar-refractivity contribution in [2.75, 3.05) is 17.7 Å². The van der Waals surface area contributed by atoms with Crippen molar-refractivity contribution in [2.24, 2.45) is 0 Å². The van der Waals surface area contributed by atoms with Gasteiger partial charge in [-0.05, 0) is 66.0 Å². The van der Waals surface area contributed by atoms with Crippen LogP contribution in [-0.4, -0.2) is 17.9 Å². The van der Waals surface area contributed by atoms with Gasteiger partial charge in [0.1, 0.15) is 5.82 Å². The molecule has 1 amide bonds. The Kier molecular flexibility index (Phi) is 5.81. The number of carbonyl (C=O) groups is 1. The third-order valence-electron chi connectivity index (χ3n) is 2.58. The van der Waals surface area contributed by atoms with Crippen LogP contribution in [0.25, 0.3) is 0 Å². The van der Waals surface area contributed by atoms with Gasteiger partial charge < -0.3 is 10.6 Å². The van der Waals surface area contributed by atoms with Crippen molar-refractivity contribution in [3.63, 3.8) is 0 Å². The fraction of sp³-hybridized carbons (Fsp3) is 0.0769. The molecule has 0 aliphatic rings. The molecule has 0 atom stereocenters. The molecule has 0 saturated carbocycles. The van der Waals surface area contributed by atoms with E-state index < -0.39 is 0 Å². The first-order valence-corrected chi connectivity index (χ1v) is 8.88. The van der Waals surface area contributed by atoms with Gasteiger partial charge in [0.05, 0.1) is 11.3 Å². The Hall–Kier alpha value is -0.440. The van der Waals surface area contributed by atoms with Crippen LogP contribution in [0.1, 0.15) is 10.4 Å². The summed E-state index contributed by atoms with van der Waals surface area (Å²) in [5.41, 5.74) is 1.11. The van der Waals surface area contributed by atoms with E-state index in [0.717, 1.165) is 17.9 Å². The highest BCUT2D eigenvalue weighted by atomic mass is 79.9. The lowest BCUT2D eigenvalue weighted by molar-refractivity contribution is 0.102. The first kappa shape index (κ1) is 16.9. The second kappa shape index (κ2) is 7.21. The predicted octanol–water partition coefficient (Wildman–Crippen LogP) is 5.43. The summed E-state index contributed by atoms with van der Waals surface area (Å²) in [6.07, 6.45) is 1.63. The van der Waals surface area contributed by atoms with Crippen LogP contribution in [0.4, 0.5) is 11.5 Å². The maximum Gasteiger partial charge on any atom is 0.259 e. The molecular formula is C13H9Br4N3O. The molecule has 4 nitrogen and oxygen atoms in total. The molecule has 0 bridgehead atoms. The van der Waals surface area contributed by atoms with Crippen LogP contribution in [0.5, 0.6) is 0 Å². The normalized spacial score (nSPS) is 10.3. The summed E-state index contributed by atoms with van der Waals surface area (Å²) in [4.78, 5) is 16.6. The number of anilines is 2. The largest absolute Gasteiger partial charge is 0.372 e. The highest BCUT2D eigenvalue weighted by Gasteiger charge is 2.16. The summed E-state index contributed by atoms with van der Waals surface area (Å²) in [5.74, 6) is 0.261. The second-order valence-corrected chi connectivity index (χ2v) is 7.54. The maximum atomic E-state index is 12.5. The van der Waals surface area contributed by atoms with Crippen LogP contribution >= 0.6 is 63.7 Å². The maximum absolute atomic E-state index is 12.5. The zero-order valence-electron chi connectivity index (χ0n) is 10.7. The molecule has 0 aliphatic carbocycles. The number of hydrogen-bond donors (Lipinski definition) is 2. The molecule has 1 aromatic carbocycles. The van der Waals surface area contributed by atoms with E-state index in [1.165, 1.54) is 0 Å². The lowest BCUT2D eigenvalue weighted by Crippen LogP contribution is -2.15. The molecule has 110 valence electrons. The van der Waals surface area contributed by atoms with Crippen molar-refractivity contribution in [3.05, 3.63) is 47.9 Å². The monoisotopic (exact) mass is 539 g/mol. The summed E-state index contributed by atoms with van der Waals surface area (Å²) >= 11 is 13.6. The minimum absolute atomic E-state index is 0.253. The van der Waals surface area contributed by atoms with Crippen molar-refractivity contribution >= 4 is 81.1 Å². The minimum atomic E-state index is -0.253. The number of nitrogens with one attached hydrogen (secondary N) is 2. The van der Waals surface area contributed by atoms with Crippen molar-refractivity contribution in [2.45, 2.75) is 0 Å². The van der Waals surface area contributed by atoms with Gasteiger partial charge >= 0.3 is 0 Å². The third kappa shape index (κ3) is 4.06. The first-order valence-electron chi connectivity index (χ1n) is 5.71. The number of carbonyl (C=O) groups excluding carboxylic acids is 1. The molecular weight excluding hydrogens is 534 g/mol. The smallest absolute Gasteiger partial charge is 0.259 e. The molecule has 0 radical (unpaired) electrons. The average molecular weight is 543 g/mol. The van der Waals surface area contributed by atoms with Crippen LogP contribution < -0.4 is 10.6 Å². The molecule has 2 N–H and O–H groups in total. The Morgan fingerprint density at radius 3 is 2.24 bits per heavy atom. The van der Waals surface area contributed by atoms with E-state index >= 15 is 0 Å². The van der Waals surface area contributed by atoms with E-state index in [2.05, 4.69) is 79.3 Å². The quantitative estimate of drug-likeness (QED) is 0.544. The van der Waals surface area contributed by atoms with Crippen molar-refractivity contribution in [1.29, 1.82) is 0 Å². The minimum Gasteiger partial charge on any atom is -0.372 e. The summed E-state index contributed by atoms with van der Waals surface area (Å²) in [6.45, 7) is 0. The molecule has 0 unspecified atom stereocenters. The number of nitrogens with zero attached hydrogens (tertiary/aromatic N) is 1. The van der Waals surface area contributed by atoms with E-state index in [0.29, 0.717) is 17.1 Å². The topological polar surface area (TPSA) is 54.0 Å². The van der Waals surface area contributed by atoms with E-state index in [4.69, 9.17) is 0 Å². The molecule has 2 rings (SSSR count). The standard InChI is InChI=1S/C13H9Br4N3O/c1-18-12-8(2-7(15)5-19-12)13(21)20-11-9(16)3-6(14)4-10(11)17/h2-5H,1H3,(H,18,19)(H,20,21). The van der Waals surface area contributed by atoms with E-state index in [-0.39, 0.29) is 5.91 Å². The molecule has 1 heterocycles. The van der Waals surface area contributed by atoms with Crippen molar-refractivity contribution in [3.8, 4) is 0 Å². The van der Waals surface area contributed by atoms with Gasteiger partial charge in [-0.2, -0.15) is 0 Å². The van der Waals surface area contributed by atoms with Gasteiger partial charge in [0.2, 0.25) is 0 Å². The predicted molar refractivity (Wildman–Crippen MR) is 99.0 cm³/mol. The number of benzene rings is 1. The van der Waals surface area contributed by atoms with E-state index in [1.54, 1.807) is 19.3 Å². The van der Waals surface area contributed by atoms with E-state index in [1.807, 2.05) is 12.1 Å². The fourth-order valence-corrected chi connectivity index (χ4v) is 4.44.